The molecule has 2 heterocycles. The monoisotopic (exact) mass is 314 g/mol. The summed E-state index contributed by atoms with van der Waals surface area (Å²) in [5, 5.41) is 3.58. The molecule has 1 N–H and O–H groups in total. The number of methoxy groups -OCH3 is 1. The van der Waals surface area contributed by atoms with Crippen LogP contribution >= 0.6 is 0 Å². The van der Waals surface area contributed by atoms with Crippen LogP contribution in [0.5, 0.6) is 5.75 Å². The largest absolute Gasteiger partial charge is 0.497 e. The molecule has 4 nitrogen and oxygen atoms in total. The highest BCUT2D eigenvalue weighted by atomic mass is 16.5. The molecule has 124 valence electrons. The van der Waals surface area contributed by atoms with Crippen LogP contribution in [-0.2, 0) is 6.54 Å². The van der Waals surface area contributed by atoms with Crippen LogP contribution < -0.4 is 10.1 Å². The molecule has 1 aliphatic heterocycles. The van der Waals surface area contributed by atoms with Crippen LogP contribution in [0.4, 0.5) is 0 Å². The van der Waals surface area contributed by atoms with Gasteiger partial charge in [-0.25, -0.2) is 0 Å². The number of nitrogens with one attached hydrogen (secondary N) is 1. The van der Waals surface area contributed by atoms with E-state index in [0.29, 0.717) is 6.04 Å². The molecule has 0 spiro atoms. The van der Waals surface area contributed by atoms with Crippen molar-refractivity contribution < 1.29 is 9.15 Å². The molecule has 1 unspecified atom stereocenters. The summed E-state index contributed by atoms with van der Waals surface area (Å²) in [6.07, 6.45) is 5.70. The molecule has 0 aliphatic carbocycles. The van der Waals surface area contributed by atoms with Gasteiger partial charge in [0.1, 0.15) is 11.5 Å². The summed E-state index contributed by atoms with van der Waals surface area (Å²) in [6, 6.07) is 12.6. The van der Waals surface area contributed by atoms with Crippen molar-refractivity contribution in [2.75, 3.05) is 26.7 Å². The van der Waals surface area contributed by atoms with Crippen LogP contribution in [0, 0.1) is 0 Å². The van der Waals surface area contributed by atoms with Gasteiger partial charge in [0.2, 0.25) is 0 Å². The van der Waals surface area contributed by atoms with Crippen molar-refractivity contribution in [1.82, 2.24) is 10.2 Å². The zero-order valence-corrected chi connectivity index (χ0v) is 13.8. The summed E-state index contributed by atoms with van der Waals surface area (Å²) >= 11 is 0. The number of rotatable bonds is 7. The number of benzene rings is 1. The molecule has 1 fully saturated rings. The first-order valence-electron chi connectivity index (χ1n) is 8.48. The summed E-state index contributed by atoms with van der Waals surface area (Å²) in [4.78, 5) is 2.54. The van der Waals surface area contributed by atoms with E-state index in [1.54, 1.807) is 13.4 Å². The van der Waals surface area contributed by atoms with E-state index in [1.807, 2.05) is 18.2 Å². The van der Waals surface area contributed by atoms with Gasteiger partial charge in [-0.15, -0.1) is 0 Å². The summed E-state index contributed by atoms with van der Waals surface area (Å²) in [7, 11) is 1.69. The highest BCUT2D eigenvalue weighted by Crippen LogP contribution is 2.24. The van der Waals surface area contributed by atoms with Crippen molar-refractivity contribution >= 4 is 0 Å². The third-order valence-electron chi connectivity index (χ3n) is 4.53. The first-order chi connectivity index (χ1) is 11.4. The molecule has 23 heavy (non-hydrogen) atoms. The molecule has 0 saturated carbocycles. The zero-order chi connectivity index (χ0) is 15.9. The van der Waals surface area contributed by atoms with Crippen LogP contribution in [0.3, 0.4) is 0 Å². The molecular weight excluding hydrogens is 288 g/mol. The normalized spacial score (nSPS) is 17.1. The van der Waals surface area contributed by atoms with E-state index < -0.39 is 0 Å². The van der Waals surface area contributed by atoms with Crippen LogP contribution in [0.25, 0.3) is 0 Å². The van der Waals surface area contributed by atoms with Gasteiger partial charge in [-0.05, 0) is 55.8 Å². The van der Waals surface area contributed by atoms with Gasteiger partial charge < -0.3 is 14.5 Å². The lowest BCUT2D eigenvalue weighted by atomic mass is 10.1. The van der Waals surface area contributed by atoms with Gasteiger partial charge >= 0.3 is 0 Å². The van der Waals surface area contributed by atoms with Crippen molar-refractivity contribution in [1.29, 1.82) is 0 Å². The number of furan rings is 1. The van der Waals surface area contributed by atoms with Crippen LogP contribution in [-0.4, -0.2) is 31.6 Å². The van der Waals surface area contributed by atoms with E-state index in [-0.39, 0.29) is 0 Å². The smallest absolute Gasteiger partial charge is 0.122 e. The highest BCUT2D eigenvalue weighted by molar-refractivity contribution is 5.27. The molecule has 0 bridgehead atoms. The SMILES string of the molecule is COc1ccc(CNCC(c2ccco2)N2CCCCC2)cc1. The van der Waals surface area contributed by atoms with Gasteiger partial charge in [-0.2, -0.15) is 0 Å². The van der Waals surface area contributed by atoms with Crippen molar-refractivity contribution in [2.24, 2.45) is 0 Å². The van der Waals surface area contributed by atoms with Gasteiger partial charge in [0.05, 0.1) is 19.4 Å². The molecule has 0 radical (unpaired) electrons. The molecule has 3 rings (SSSR count). The third-order valence-corrected chi connectivity index (χ3v) is 4.53. The lowest BCUT2D eigenvalue weighted by molar-refractivity contribution is 0.142. The fraction of sp³-hybridized carbons (Fsp3) is 0.474. The first-order valence-corrected chi connectivity index (χ1v) is 8.48. The number of ether oxygens (including phenoxy) is 1. The van der Waals surface area contributed by atoms with E-state index in [4.69, 9.17) is 9.15 Å². The van der Waals surface area contributed by atoms with E-state index in [1.165, 1.54) is 24.8 Å². The minimum absolute atomic E-state index is 0.323. The molecule has 1 atom stereocenters. The van der Waals surface area contributed by atoms with E-state index in [0.717, 1.165) is 37.7 Å². The minimum atomic E-state index is 0.323. The summed E-state index contributed by atoms with van der Waals surface area (Å²) in [5.41, 5.74) is 1.27. The third kappa shape index (κ3) is 4.36. The minimum Gasteiger partial charge on any atom is -0.497 e. The number of piperidine rings is 1. The summed E-state index contributed by atoms with van der Waals surface area (Å²) in [5.74, 6) is 1.96. The van der Waals surface area contributed by atoms with Crippen molar-refractivity contribution in [2.45, 2.75) is 31.8 Å². The van der Waals surface area contributed by atoms with Crippen LogP contribution in [0.15, 0.2) is 47.1 Å². The second kappa shape index (κ2) is 8.18. The van der Waals surface area contributed by atoms with Gasteiger partial charge in [-0.1, -0.05) is 18.6 Å². The Labute approximate surface area is 138 Å². The zero-order valence-electron chi connectivity index (χ0n) is 13.8. The Balaban J connectivity index is 1.57. The molecule has 2 aromatic rings. The molecule has 1 aromatic heterocycles. The Morgan fingerprint density at radius 2 is 1.91 bits per heavy atom. The predicted octanol–water partition coefficient (Wildman–Crippen LogP) is 3.61. The standard InChI is InChI=1S/C19H26N2O2/c1-22-17-9-7-16(8-10-17)14-20-15-18(19-6-5-13-23-19)21-11-3-2-4-12-21/h5-10,13,18,20H,2-4,11-12,14-15H2,1H3. The summed E-state index contributed by atoms with van der Waals surface area (Å²) < 4.78 is 10.9. The second-order valence-electron chi connectivity index (χ2n) is 6.11. The maximum Gasteiger partial charge on any atom is 0.122 e. The average molecular weight is 314 g/mol. The second-order valence-corrected chi connectivity index (χ2v) is 6.11. The highest BCUT2D eigenvalue weighted by Gasteiger charge is 2.23. The van der Waals surface area contributed by atoms with Gasteiger partial charge in [0, 0.05) is 13.1 Å². The molecule has 1 aromatic carbocycles. The molecule has 4 heteroatoms. The average Bonchev–Trinajstić information content (AvgIpc) is 3.14. The van der Waals surface area contributed by atoms with Crippen LogP contribution in [0.2, 0.25) is 0 Å². The molecule has 1 saturated heterocycles. The Morgan fingerprint density at radius 1 is 1.13 bits per heavy atom. The van der Waals surface area contributed by atoms with E-state index in [2.05, 4.69) is 28.4 Å². The summed E-state index contributed by atoms with van der Waals surface area (Å²) in [6.45, 7) is 4.08. The Hall–Kier alpha value is -1.78. The number of hydrogen-bond donors (Lipinski definition) is 1. The van der Waals surface area contributed by atoms with Crippen molar-refractivity contribution in [3.8, 4) is 5.75 Å². The number of likely N-dealkylation sites (tertiary alicyclic amines) is 1. The lowest BCUT2D eigenvalue weighted by Gasteiger charge is -2.33. The number of nitrogens with zero attached hydrogens (tertiary/aromatic N) is 1. The van der Waals surface area contributed by atoms with Crippen molar-refractivity contribution in [3.05, 3.63) is 54.0 Å². The van der Waals surface area contributed by atoms with Gasteiger partial charge in [0.15, 0.2) is 0 Å². The Morgan fingerprint density at radius 3 is 2.57 bits per heavy atom. The Bertz CT molecular complexity index is 560. The van der Waals surface area contributed by atoms with Gasteiger partial charge in [-0.3, -0.25) is 4.90 Å². The topological polar surface area (TPSA) is 37.6 Å². The van der Waals surface area contributed by atoms with E-state index in [9.17, 15) is 0 Å². The molecule has 0 amide bonds. The quantitative estimate of drug-likeness (QED) is 0.847. The van der Waals surface area contributed by atoms with Crippen LogP contribution in [0.1, 0.15) is 36.6 Å². The fourth-order valence-electron chi connectivity index (χ4n) is 3.22. The van der Waals surface area contributed by atoms with Gasteiger partial charge in [0.25, 0.3) is 0 Å². The molecule has 1 aliphatic rings. The maximum atomic E-state index is 5.68. The first kappa shape index (κ1) is 16.1. The predicted molar refractivity (Wildman–Crippen MR) is 91.6 cm³/mol. The van der Waals surface area contributed by atoms with E-state index >= 15 is 0 Å². The maximum absolute atomic E-state index is 5.68. The number of hydrogen-bond acceptors (Lipinski definition) is 4. The fourth-order valence-corrected chi connectivity index (χ4v) is 3.22. The van der Waals surface area contributed by atoms with Crippen molar-refractivity contribution in [3.63, 3.8) is 0 Å². The Kier molecular flexibility index (Phi) is 5.72. The molecular formula is C19H26N2O2. The lowest BCUT2D eigenvalue weighted by Crippen LogP contribution is -2.38.